The van der Waals surface area contributed by atoms with E-state index in [0.717, 1.165) is 23.9 Å². The molecule has 0 saturated heterocycles. The largest absolute Gasteiger partial charge is 0.360 e. The van der Waals surface area contributed by atoms with Crippen molar-refractivity contribution >= 4 is 17.3 Å². The maximum Gasteiger partial charge on any atom is 0.135 e. The monoisotopic (exact) mass is 270 g/mol. The number of anilines is 3. The molecule has 2 aromatic rings. The number of nitrogens with one attached hydrogen (secondary N) is 1. The molecule has 0 aliphatic carbocycles. The summed E-state index contributed by atoms with van der Waals surface area (Å²) in [5.74, 6) is 1.77. The molecule has 0 unspecified atom stereocenters. The quantitative estimate of drug-likeness (QED) is 0.867. The normalized spacial score (nSPS) is 10.3. The Kier molecular flexibility index (Phi) is 4.93. The van der Waals surface area contributed by atoms with Gasteiger partial charge in [0.15, 0.2) is 0 Å². The van der Waals surface area contributed by atoms with E-state index in [-0.39, 0.29) is 0 Å². The molecular formula is C16H22N4. The van der Waals surface area contributed by atoms with Crippen molar-refractivity contribution in [2.45, 2.75) is 26.7 Å². The summed E-state index contributed by atoms with van der Waals surface area (Å²) in [5, 5.41) is 3.30. The predicted octanol–water partition coefficient (Wildman–Crippen LogP) is 3.76. The van der Waals surface area contributed by atoms with Crippen molar-refractivity contribution in [2.75, 3.05) is 23.8 Å². The summed E-state index contributed by atoms with van der Waals surface area (Å²) in [6.45, 7) is 5.28. The Morgan fingerprint density at radius 2 is 1.90 bits per heavy atom. The van der Waals surface area contributed by atoms with Gasteiger partial charge in [0.2, 0.25) is 0 Å². The zero-order valence-corrected chi connectivity index (χ0v) is 12.4. The summed E-state index contributed by atoms with van der Waals surface area (Å²) < 4.78 is 0. The van der Waals surface area contributed by atoms with Crippen molar-refractivity contribution in [2.24, 2.45) is 0 Å². The van der Waals surface area contributed by atoms with Gasteiger partial charge in [0.25, 0.3) is 0 Å². The predicted molar refractivity (Wildman–Crippen MR) is 84.7 cm³/mol. The second kappa shape index (κ2) is 6.89. The highest BCUT2D eigenvalue weighted by Crippen LogP contribution is 2.18. The average molecular weight is 270 g/mol. The lowest BCUT2D eigenvalue weighted by molar-refractivity contribution is 0.758. The number of aromatic nitrogens is 2. The van der Waals surface area contributed by atoms with Gasteiger partial charge in [0.05, 0.1) is 0 Å². The molecule has 4 nitrogen and oxygen atoms in total. The van der Waals surface area contributed by atoms with E-state index >= 15 is 0 Å². The summed E-state index contributed by atoms with van der Waals surface area (Å²) in [4.78, 5) is 10.8. The van der Waals surface area contributed by atoms with Crippen LogP contribution in [0.15, 0.2) is 36.7 Å². The van der Waals surface area contributed by atoms with Gasteiger partial charge in [0, 0.05) is 25.3 Å². The van der Waals surface area contributed by atoms with E-state index in [1.807, 2.05) is 6.07 Å². The fourth-order valence-corrected chi connectivity index (χ4v) is 1.92. The molecule has 0 aliphatic heterocycles. The highest BCUT2D eigenvalue weighted by Gasteiger charge is 2.04. The Bertz CT molecular complexity index is 536. The van der Waals surface area contributed by atoms with Crippen molar-refractivity contribution < 1.29 is 0 Å². The van der Waals surface area contributed by atoms with E-state index in [9.17, 15) is 0 Å². The van der Waals surface area contributed by atoms with Crippen LogP contribution in [0, 0.1) is 6.92 Å². The molecule has 1 aromatic heterocycles. The summed E-state index contributed by atoms with van der Waals surface area (Å²) in [6, 6.07) is 10.3. The Morgan fingerprint density at radius 1 is 1.15 bits per heavy atom. The van der Waals surface area contributed by atoms with Gasteiger partial charge < -0.3 is 10.2 Å². The number of unbranched alkanes of at least 4 members (excludes halogenated alkanes) is 1. The molecule has 0 spiro atoms. The summed E-state index contributed by atoms with van der Waals surface area (Å²) in [6.07, 6.45) is 3.96. The molecule has 0 bridgehead atoms. The molecule has 106 valence electrons. The van der Waals surface area contributed by atoms with Crippen molar-refractivity contribution in [3.63, 3.8) is 0 Å². The second-order valence-corrected chi connectivity index (χ2v) is 5.03. The lowest BCUT2D eigenvalue weighted by Crippen LogP contribution is -2.19. The minimum atomic E-state index is 0.821. The Labute approximate surface area is 120 Å². The molecule has 0 aliphatic rings. The SMILES string of the molecule is CCCCN(C)c1cc(Nc2ccc(C)cc2)ncn1. The first-order valence-electron chi connectivity index (χ1n) is 7.06. The van der Waals surface area contributed by atoms with E-state index < -0.39 is 0 Å². The van der Waals surface area contributed by atoms with Crippen LogP contribution in [-0.4, -0.2) is 23.6 Å². The Morgan fingerprint density at radius 3 is 2.60 bits per heavy atom. The second-order valence-electron chi connectivity index (χ2n) is 5.03. The van der Waals surface area contributed by atoms with Gasteiger partial charge in [-0.05, 0) is 25.5 Å². The van der Waals surface area contributed by atoms with Gasteiger partial charge >= 0.3 is 0 Å². The van der Waals surface area contributed by atoms with Gasteiger partial charge in [-0.1, -0.05) is 31.0 Å². The van der Waals surface area contributed by atoms with Gasteiger partial charge in [-0.2, -0.15) is 0 Å². The van der Waals surface area contributed by atoms with Crippen LogP contribution >= 0.6 is 0 Å². The molecule has 2 rings (SSSR count). The first-order valence-corrected chi connectivity index (χ1v) is 7.06. The van der Waals surface area contributed by atoms with E-state index in [1.165, 1.54) is 18.4 Å². The van der Waals surface area contributed by atoms with Crippen LogP contribution in [0.1, 0.15) is 25.3 Å². The molecule has 0 radical (unpaired) electrons. The fourth-order valence-electron chi connectivity index (χ4n) is 1.92. The van der Waals surface area contributed by atoms with Crippen LogP contribution in [0.5, 0.6) is 0 Å². The minimum Gasteiger partial charge on any atom is -0.360 e. The molecule has 4 heteroatoms. The van der Waals surface area contributed by atoms with E-state index in [2.05, 4.69) is 65.3 Å². The summed E-state index contributed by atoms with van der Waals surface area (Å²) in [5.41, 5.74) is 2.29. The lowest BCUT2D eigenvalue weighted by atomic mass is 10.2. The molecular weight excluding hydrogens is 248 g/mol. The maximum absolute atomic E-state index is 4.32. The standard InChI is InChI=1S/C16H22N4/c1-4-5-10-20(3)16-11-15(17-12-18-16)19-14-8-6-13(2)7-9-14/h6-9,11-12H,4-5,10H2,1-3H3,(H,17,18,19). The zero-order valence-electron chi connectivity index (χ0n) is 12.4. The van der Waals surface area contributed by atoms with Gasteiger partial charge in [-0.15, -0.1) is 0 Å². The number of benzene rings is 1. The van der Waals surface area contributed by atoms with Gasteiger partial charge in [-0.3, -0.25) is 0 Å². The minimum absolute atomic E-state index is 0.821. The topological polar surface area (TPSA) is 41.0 Å². The third-order valence-corrected chi connectivity index (χ3v) is 3.21. The first kappa shape index (κ1) is 14.3. The number of aryl methyl sites for hydroxylation is 1. The lowest BCUT2D eigenvalue weighted by Gasteiger charge is -2.18. The van der Waals surface area contributed by atoms with Crippen molar-refractivity contribution in [3.05, 3.63) is 42.2 Å². The van der Waals surface area contributed by atoms with E-state index in [4.69, 9.17) is 0 Å². The highest BCUT2D eigenvalue weighted by molar-refractivity contribution is 5.59. The molecule has 1 aromatic carbocycles. The average Bonchev–Trinajstić information content (AvgIpc) is 2.47. The van der Waals surface area contributed by atoms with Crippen molar-refractivity contribution in [1.29, 1.82) is 0 Å². The number of nitrogens with zero attached hydrogens (tertiary/aromatic N) is 3. The number of hydrogen-bond acceptors (Lipinski definition) is 4. The molecule has 1 heterocycles. The Balaban J connectivity index is 2.07. The van der Waals surface area contributed by atoms with E-state index in [1.54, 1.807) is 6.33 Å². The maximum atomic E-state index is 4.32. The summed E-state index contributed by atoms with van der Waals surface area (Å²) in [7, 11) is 2.06. The van der Waals surface area contributed by atoms with Crippen LogP contribution in [0.25, 0.3) is 0 Å². The third kappa shape index (κ3) is 3.95. The number of rotatable bonds is 6. The van der Waals surface area contributed by atoms with Crippen molar-refractivity contribution in [3.8, 4) is 0 Å². The van der Waals surface area contributed by atoms with Crippen LogP contribution < -0.4 is 10.2 Å². The summed E-state index contributed by atoms with van der Waals surface area (Å²) >= 11 is 0. The van der Waals surface area contributed by atoms with Crippen LogP contribution in [-0.2, 0) is 0 Å². The van der Waals surface area contributed by atoms with Crippen LogP contribution in [0.4, 0.5) is 17.3 Å². The Hall–Kier alpha value is -2.10. The van der Waals surface area contributed by atoms with E-state index in [0.29, 0.717) is 0 Å². The van der Waals surface area contributed by atoms with Crippen molar-refractivity contribution in [1.82, 2.24) is 9.97 Å². The van der Waals surface area contributed by atoms with Gasteiger partial charge in [0.1, 0.15) is 18.0 Å². The van der Waals surface area contributed by atoms with Crippen LogP contribution in [0.2, 0.25) is 0 Å². The molecule has 20 heavy (non-hydrogen) atoms. The fraction of sp³-hybridized carbons (Fsp3) is 0.375. The first-order chi connectivity index (χ1) is 9.69. The molecule has 0 atom stereocenters. The molecule has 0 fully saturated rings. The smallest absolute Gasteiger partial charge is 0.135 e. The van der Waals surface area contributed by atoms with Gasteiger partial charge in [-0.25, -0.2) is 9.97 Å². The molecule has 0 saturated carbocycles. The molecule has 1 N–H and O–H groups in total. The highest BCUT2D eigenvalue weighted by atomic mass is 15.2. The van der Waals surface area contributed by atoms with Crippen LogP contribution in [0.3, 0.4) is 0 Å². The zero-order chi connectivity index (χ0) is 14.4. The number of hydrogen-bond donors (Lipinski definition) is 1. The molecule has 0 amide bonds. The third-order valence-electron chi connectivity index (χ3n) is 3.21.